The summed E-state index contributed by atoms with van der Waals surface area (Å²) < 4.78 is 0.190. The van der Waals surface area contributed by atoms with E-state index in [1.54, 1.807) is 6.21 Å². The number of hydrazone groups is 1. The number of amides is 1. The van der Waals surface area contributed by atoms with Crippen molar-refractivity contribution in [1.82, 2.24) is 15.4 Å². The normalized spacial score (nSPS) is 10.9. The lowest BCUT2D eigenvalue weighted by Crippen LogP contribution is -2.22. The number of carbonyl (C=O) groups is 1. The third-order valence-corrected chi connectivity index (χ3v) is 3.49. The van der Waals surface area contributed by atoms with E-state index in [-0.39, 0.29) is 22.7 Å². The van der Waals surface area contributed by atoms with Crippen molar-refractivity contribution in [3.05, 3.63) is 61.3 Å². The average molecular weight is 330 g/mol. The third kappa shape index (κ3) is 4.72. The van der Waals surface area contributed by atoms with Crippen LogP contribution in [0.4, 0.5) is 0 Å². The van der Waals surface area contributed by atoms with Gasteiger partial charge in [-0.2, -0.15) is 5.10 Å². The molecule has 0 saturated carbocycles. The molecule has 0 spiro atoms. The monoisotopic (exact) mass is 330 g/mol. The van der Waals surface area contributed by atoms with Crippen molar-refractivity contribution in [3.63, 3.8) is 0 Å². The quantitative estimate of drug-likeness (QED) is 0.455. The molecule has 120 valence electrons. The second-order valence-corrected chi connectivity index (χ2v) is 5.80. The minimum absolute atomic E-state index is 0.00321. The molecular weight excluding hydrogens is 312 g/mol. The molecule has 0 saturated heterocycles. The molecule has 2 aromatic rings. The maximum Gasteiger partial charge on any atom is 0.251 e. The lowest BCUT2D eigenvalue weighted by Gasteiger charge is -2.06. The molecule has 3 N–H and O–H groups in total. The summed E-state index contributed by atoms with van der Waals surface area (Å²) in [4.78, 5) is 28.3. The molecular formula is C16H18N4O2S. The highest BCUT2D eigenvalue weighted by atomic mass is 32.1. The zero-order chi connectivity index (χ0) is 17.0. The van der Waals surface area contributed by atoms with Gasteiger partial charge in [0.15, 0.2) is 4.77 Å². The Hall–Kier alpha value is -2.54. The highest BCUT2D eigenvalue weighted by molar-refractivity contribution is 7.71. The number of benzene rings is 1. The highest BCUT2D eigenvalue weighted by Gasteiger charge is 2.04. The highest BCUT2D eigenvalue weighted by Crippen LogP contribution is 2.13. The van der Waals surface area contributed by atoms with Crippen molar-refractivity contribution >= 4 is 24.3 Å². The minimum Gasteiger partial charge on any atom is -0.335 e. The standard InChI is InChI=1S/C16H18N4O2S/c1-9-4-10(2)13(11(3)5-9)8-17-20-15(22)7-12-6-14(21)19-16(23)18-12/h4-6,8H,7H2,1-3H3,(H,20,22)(H2,18,19,21,23)/b17-8-. The molecule has 0 aliphatic heterocycles. The van der Waals surface area contributed by atoms with E-state index in [1.165, 1.54) is 11.6 Å². The molecule has 0 bridgehead atoms. The largest absolute Gasteiger partial charge is 0.335 e. The number of hydrogen-bond acceptors (Lipinski definition) is 4. The van der Waals surface area contributed by atoms with Crippen LogP contribution in [0.5, 0.6) is 0 Å². The third-order valence-electron chi connectivity index (χ3n) is 3.29. The van der Waals surface area contributed by atoms with Crippen molar-refractivity contribution in [2.75, 3.05) is 0 Å². The lowest BCUT2D eigenvalue weighted by molar-refractivity contribution is -0.120. The van der Waals surface area contributed by atoms with Gasteiger partial charge < -0.3 is 4.98 Å². The van der Waals surface area contributed by atoms with Crippen LogP contribution in [-0.2, 0) is 11.2 Å². The van der Waals surface area contributed by atoms with E-state index < -0.39 is 0 Å². The van der Waals surface area contributed by atoms with Crippen molar-refractivity contribution in [1.29, 1.82) is 0 Å². The molecule has 7 heteroatoms. The van der Waals surface area contributed by atoms with E-state index in [1.807, 2.05) is 20.8 Å². The molecule has 2 rings (SSSR count). The number of carbonyl (C=O) groups excluding carboxylic acids is 1. The molecule has 23 heavy (non-hydrogen) atoms. The summed E-state index contributed by atoms with van der Waals surface area (Å²) in [5, 5.41) is 3.98. The van der Waals surface area contributed by atoms with Gasteiger partial charge in [-0.15, -0.1) is 0 Å². The van der Waals surface area contributed by atoms with E-state index in [0.29, 0.717) is 5.69 Å². The van der Waals surface area contributed by atoms with Crippen LogP contribution in [0, 0.1) is 25.5 Å². The maximum absolute atomic E-state index is 11.9. The van der Waals surface area contributed by atoms with E-state index in [9.17, 15) is 9.59 Å². The minimum atomic E-state index is -0.342. The fourth-order valence-corrected chi connectivity index (χ4v) is 2.62. The zero-order valence-corrected chi connectivity index (χ0v) is 14.0. The molecule has 0 fully saturated rings. The number of aryl methyl sites for hydroxylation is 3. The molecule has 1 aromatic carbocycles. The van der Waals surface area contributed by atoms with Gasteiger partial charge in [-0.1, -0.05) is 17.7 Å². The van der Waals surface area contributed by atoms with Crippen LogP contribution in [0.15, 0.2) is 28.1 Å². The first-order valence-electron chi connectivity index (χ1n) is 7.07. The number of hydrogen-bond donors (Lipinski definition) is 3. The Balaban J connectivity index is 2.04. The van der Waals surface area contributed by atoms with Crippen LogP contribution < -0.4 is 11.0 Å². The topological polar surface area (TPSA) is 90.1 Å². The van der Waals surface area contributed by atoms with Gasteiger partial charge in [-0.3, -0.25) is 14.6 Å². The number of nitrogens with zero attached hydrogens (tertiary/aromatic N) is 1. The fourth-order valence-electron chi connectivity index (χ4n) is 2.39. The molecule has 1 aromatic heterocycles. The van der Waals surface area contributed by atoms with Crippen LogP contribution in [-0.4, -0.2) is 22.1 Å². The Labute approximate surface area is 138 Å². The first kappa shape index (κ1) is 16.8. The molecule has 0 atom stereocenters. The summed E-state index contributed by atoms with van der Waals surface area (Å²) in [7, 11) is 0. The SMILES string of the molecule is Cc1cc(C)c(/C=N\NC(=O)Cc2cc(=O)[nH]c(=S)[nH]2)c(C)c1. The molecule has 1 amide bonds. The summed E-state index contributed by atoms with van der Waals surface area (Å²) in [5.41, 5.74) is 6.91. The zero-order valence-electron chi connectivity index (χ0n) is 13.2. The number of aromatic amines is 2. The second-order valence-electron chi connectivity index (χ2n) is 5.40. The van der Waals surface area contributed by atoms with Crippen LogP contribution in [0.25, 0.3) is 0 Å². The van der Waals surface area contributed by atoms with E-state index in [4.69, 9.17) is 12.2 Å². The van der Waals surface area contributed by atoms with Gasteiger partial charge in [0.1, 0.15) is 0 Å². The molecule has 0 radical (unpaired) electrons. The van der Waals surface area contributed by atoms with Crippen LogP contribution in [0.2, 0.25) is 0 Å². The van der Waals surface area contributed by atoms with Gasteiger partial charge in [0.2, 0.25) is 5.91 Å². The van der Waals surface area contributed by atoms with Crippen molar-refractivity contribution < 1.29 is 4.79 Å². The Bertz CT molecular complexity index is 829. The summed E-state index contributed by atoms with van der Waals surface area (Å²) >= 11 is 4.86. The van der Waals surface area contributed by atoms with Gasteiger partial charge in [-0.25, -0.2) is 5.43 Å². The predicted octanol–water partition coefficient (Wildman–Crippen LogP) is 2.05. The van der Waals surface area contributed by atoms with Crippen molar-refractivity contribution in [2.45, 2.75) is 27.2 Å². The molecule has 0 aliphatic carbocycles. The lowest BCUT2D eigenvalue weighted by atomic mass is 10.0. The number of aromatic nitrogens is 2. The Morgan fingerprint density at radius 2 is 1.87 bits per heavy atom. The maximum atomic E-state index is 11.9. The smallest absolute Gasteiger partial charge is 0.251 e. The van der Waals surface area contributed by atoms with E-state index >= 15 is 0 Å². The first-order valence-corrected chi connectivity index (χ1v) is 7.48. The van der Waals surface area contributed by atoms with Crippen molar-refractivity contribution in [3.8, 4) is 0 Å². The summed E-state index contributed by atoms with van der Waals surface area (Å²) in [6.45, 7) is 6.03. The Kier molecular flexibility index (Phi) is 5.23. The predicted molar refractivity (Wildman–Crippen MR) is 92.3 cm³/mol. The summed E-state index contributed by atoms with van der Waals surface area (Å²) in [6, 6.07) is 5.42. The van der Waals surface area contributed by atoms with Crippen LogP contribution in [0.1, 0.15) is 27.9 Å². The van der Waals surface area contributed by atoms with Crippen molar-refractivity contribution in [2.24, 2.45) is 5.10 Å². The van der Waals surface area contributed by atoms with Crippen LogP contribution in [0.3, 0.4) is 0 Å². The molecule has 1 heterocycles. The van der Waals surface area contributed by atoms with Gasteiger partial charge in [0, 0.05) is 17.3 Å². The number of H-pyrrole nitrogens is 2. The summed E-state index contributed by atoms with van der Waals surface area (Å²) in [6.07, 6.45) is 1.62. The van der Waals surface area contributed by atoms with Gasteiger partial charge in [0.25, 0.3) is 5.56 Å². The fraction of sp³-hybridized carbons (Fsp3) is 0.250. The van der Waals surface area contributed by atoms with Crippen LogP contribution >= 0.6 is 12.2 Å². The number of rotatable bonds is 4. The number of nitrogens with one attached hydrogen (secondary N) is 3. The first-order chi connectivity index (χ1) is 10.8. The Morgan fingerprint density at radius 3 is 2.48 bits per heavy atom. The van der Waals surface area contributed by atoms with E-state index in [2.05, 4.69) is 32.6 Å². The van der Waals surface area contributed by atoms with Gasteiger partial charge in [-0.05, 0) is 44.1 Å². The molecule has 0 aliphatic rings. The van der Waals surface area contributed by atoms with Gasteiger partial charge >= 0.3 is 0 Å². The second kappa shape index (κ2) is 7.15. The molecule has 0 unspecified atom stereocenters. The average Bonchev–Trinajstić information content (AvgIpc) is 2.40. The van der Waals surface area contributed by atoms with Gasteiger partial charge in [0.05, 0.1) is 12.6 Å². The van der Waals surface area contributed by atoms with E-state index in [0.717, 1.165) is 16.7 Å². The molecule has 6 nitrogen and oxygen atoms in total. The summed E-state index contributed by atoms with van der Waals surface area (Å²) in [5.74, 6) is -0.333. The Morgan fingerprint density at radius 1 is 1.22 bits per heavy atom.